The van der Waals surface area contributed by atoms with Gasteiger partial charge < -0.3 is 10.1 Å². The molecule has 0 atom stereocenters. The number of carbonyl (C=O) groups excluding carboxylic acids is 2. The molecule has 0 aliphatic carbocycles. The van der Waals surface area contributed by atoms with E-state index in [2.05, 4.69) is 10.2 Å². The minimum absolute atomic E-state index is 0.152. The first-order chi connectivity index (χ1) is 15.0. The summed E-state index contributed by atoms with van der Waals surface area (Å²) in [5.41, 5.74) is 4.40. The molecule has 1 heterocycles. The lowest BCUT2D eigenvalue weighted by atomic mass is 10.0. The summed E-state index contributed by atoms with van der Waals surface area (Å²) in [5.74, 6) is -0.577. The fraction of sp³-hybridized carbons (Fsp3) is 0.280. The van der Waals surface area contributed by atoms with E-state index in [0.29, 0.717) is 17.1 Å². The third-order valence-electron chi connectivity index (χ3n) is 4.95. The van der Waals surface area contributed by atoms with Crippen LogP contribution in [0.15, 0.2) is 60.0 Å². The Kier molecular flexibility index (Phi) is 7.98. The van der Waals surface area contributed by atoms with Crippen LogP contribution < -0.4 is 5.32 Å². The molecule has 1 N–H and O–H groups in total. The van der Waals surface area contributed by atoms with Gasteiger partial charge in [0.15, 0.2) is 0 Å². The number of nitrogens with zero attached hydrogens (tertiary/aromatic N) is 1. The minimum atomic E-state index is -0.425. The summed E-state index contributed by atoms with van der Waals surface area (Å²) >= 11 is 1.35. The smallest absolute Gasteiger partial charge is 0.341 e. The van der Waals surface area contributed by atoms with Gasteiger partial charge in [-0.2, -0.15) is 0 Å². The molecule has 2 aromatic carbocycles. The molecule has 0 radical (unpaired) electrons. The van der Waals surface area contributed by atoms with Crippen molar-refractivity contribution in [3.63, 3.8) is 0 Å². The number of esters is 1. The van der Waals surface area contributed by atoms with E-state index in [1.54, 1.807) is 6.92 Å². The molecule has 162 valence electrons. The summed E-state index contributed by atoms with van der Waals surface area (Å²) in [5, 5.41) is 5.36. The van der Waals surface area contributed by atoms with Gasteiger partial charge in [0.25, 0.3) is 0 Å². The molecule has 1 amide bonds. The van der Waals surface area contributed by atoms with Crippen molar-refractivity contribution in [1.82, 2.24) is 4.90 Å². The van der Waals surface area contributed by atoms with Crippen LogP contribution in [0.25, 0.3) is 11.1 Å². The molecular weight excluding hydrogens is 408 g/mol. The zero-order valence-corrected chi connectivity index (χ0v) is 19.0. The van der Waals surface area contributed by atoms with Crippen molar-refractivity contribution in [2.75, 3.05) is 25.0 Å². The Hall–Kier alpha value is -2.96. The topological polar surface area (TPSA) is 58.6 Å². The number of aryl methyl sites for hydroxylation is 1. The van der Waals surface area contributed by atoms with Crippen molar-refractivity contribution < 1.29 is 14.3 Å². The minimum Gasteiger partial charge on any atom is -0.462 e. The van der Waals surface area contributed by atoms with Crippen molar-refractivity contribution >= 4 is 28.2 Å². The average Bonchev–Trinajstić information content (AvgIpc) is 3.18. The molecule has 0 saturated heterocycles. The highest BCUT2D eigenvalue weighted by molar-refractivity contribution is 7.15. The second-order valence-electron chi connectivity index (χ2n) is 7.28. The standard InChI is InChI=1S/C25H28N2O3S/c1-4-27(15-19-9-7-6-8-10-19)16-22(28)26-24-23(25(29)30-5-2)21(17-31-24)20-13-11-18(3)12-14-20/h6-14,17H,4-5,15-16H2,1-3H3,(H,26,28). The SMILES string of the molecule is CCOC(=O)c1c(-c2ccc(C)cc2)csc1NC(=O)CN(CC)Cc1ccccc1. The fourth-order valence-corrected chi connectivity index (χ4v) is 4.27. The van der Waals surface area contributed by atoms with Crippen LogP contribution in [0.2, 0.25) is 0 Å². The maximum absolute atomic E-state index is 12.8. The van der Waals surface area contributed by atoms with Gasteiger partial charge in [0, 0.05) is 17.5 Å². The van der Waals surface area contributed by atoms with E-state index in [9.17, 15) is 9.59 Å². The monoisotopic (exact) mass is 436 g/mol. The Morgan fingerprint density at radius 2 is 1.74 bits per heavy atom. The van der Waals surface area contributed by atoms with Gasteiger partial charge in [0.05, 0.1) is 13.2 Å². The van der Waals surface area contributed by atoms with E-state index < -0.39 is 5.97 Å². The normalized spacial score (nSPS) is 10.8. The highest BCUT2D eigenvalue weighted by atomic mass is 32.1. The molecule has 3 rings (SSSR count). The van der Waals surface area contributed by atoms with Gasteiger partial charge in [0.1, 0.15) is 10.6 Å². The van der Waals surface area contributed by atoms with E-state index in [0.717, 1.165) is 28.8 Å². The van der Waals surface area contributed by atoms with Crippen molar-refractivity contribution in [1.29, 1.82) is 0 Å². The zero-order chi connectivity index (χ0) is 22.2. The van der Waals surface area contributed by atoms with Gasteiger partial charge >= 0.3 is 5.97 Å². The second kappa shape index (κ2) is 10.9. The lowest BCUT2D eigenvalue weighted by molar-refractivity contribution is -0.117. The van der Waals surface area contributed by atoms with Crippen LogP contribution >= 0.6 is 11.3 Å². The summed E-state index contributed by atoms with van der Waals surface area (Å²) in [6.45, 7) is 7.77. The number of hydrogen-bond acceptors (Lipinski definition) is 5. The number of amides is 1. The number of rotatable bonds is 9. The maximum Gasteiger partial charge on any atom is 0.341 e. The molecule has 3 aromatic rings. The number of carbonyl (C=O) groups is 2. The first kappa shape index (κ1) is 22.7. The van der Waals surface area contributed by atoms with E-state index in [1.165, 1.54) is 11.3 Å². The first-order valence-electron chi connectivity index (χ1n) is 10.4. The molecule has 0 saturated carbocycles. The summed E-state index contributed by atoms with van der Waals surface area (Å²) in [4.78, 5) is 27.6. The van der Waals surface area contributed by atoms with Crippen molar-refractivity contribution in [3.05, 3.63) is 76.7 Å². The molecule has 1 aromatic heterocycles. The highest BCUT2D eigenvalue weighted by Crippen LogP contribution is 2.36. The molecule has 0 fully saturated rings. The Morgan fingerprint density at radius 1 is 1.03 bits per heavy atom. The molecule has 0 aliphatic rings. The van der Waals surface area contributed by atoms with Gasteiger partial charge in [-0.25, -0.2) is 4.79 Å². The number of hydrogen-bond donors (Lipinski definition) is 1. The van der Waals surface area contributed by atoms with Crippen LogP contribution in [0.3, 0.4) is 0 Å². The molecule has 0 aliphatic heterocycles. The Morgan fingerprint density at radius 3 is 2.39 bits per heavy atom. The van der Waals surface area contributed by atoms with E-state index in [1.807, 2.05) is 73.8 Å². The third-order valence-corrected chi connectivity index (χ3v) is 5.84. The largest absolute Gasteiger partial charge is 0.462 e. The van der Waals surface area contributed by atoms with Crippen molar-refractivity contribution in [2.45, 2.75) is 27.3 Å². The second-order valence-corrected chi connectivity index (χ2v) is 8.16. The molecule has 0 bridgehead atoms. The fourth-order valence-electron chi connectivity index (χ4n) is 3.29. The van der Waals surface area contributed by atoms with Crippen LogP contribution in [0.5, 0.6) is 0 Å². The van der Waals surface area contributed by atoms with E-state index in [4.69, 9.17) is 4.74 Å². The Labute approximate surface area is 187 Å². The molecular formula is C25H28N2O3S. The predicted molar refractivity (Wildman–Crippen MR) is 126 cm³/mol. The molecule has 0 spiro atoms. The van der Waals surface area contributed by atoms with Gasteiger partial charge in [0.2, 0.25) is 5.91 Å². The average molecular weight is 437 g/mol. The number of anilines is 1. The summed E-state index contributed by atoms with van der Waals surface area (Å²) in [7, 11) is 0. The predicted octanol–water partition coefficient (Wildman–Crippen LogP) is 5.36. The molecule has 5 nitrogen and oxygen atoms in total. The van der Waals surface area contributed by atoms with Crippen LogP contribution in [0.4, 0.5) is 5.00 Å². The first-order valence-corrected chi connectivity index (χ1v) is 11.3. The van der Waals surface area contributed by atoms with Gasteiger partial charge in [-0.3, -0.25) is 9.69 Å². The quantitative estimate of drug-likeness (QED) is 0.459. The highest BCUT2D eigenvalue weighted by Gasteiger charge is 2.23. The van der Waals surface area contributed by atoms with Gasteiger partial charge in [-0.1, -0.05) is 67.1 Å². The molecule has 31 heavy (non-hydrogen) atoms. The summed E-state index contributed by atoms with van der Waals surface area (Å²) in [6, 6.07) is 18.0. The number of nitrogens with one attached hydrogen (secondary N) is 1. The Balaban J connectivity index is 1.78. The van der Waals surface area contributed by atoms with Crippen LogP contribution in [0.1, 0.15) is 35.3 Å². The van der Waals surface area contributed by atoms with Crippen LogP contribution in [0, 0.1) is 6.92 Å². The number of likely N-dealkylation sites (N-methyl/N-ethyl adjacent to an activating group) is 1. The van der Waals surface area contributed by atoms with Crippen molar-refractivity contribution in [2.24, 2.45) is 0 Å². The number of benzene rings is 2. The van der Waals surface area contributed by atoms with Crippen LogP contribution in [-0.4, -0.2) is 36.5 Å². The van der Waals surface area contributed by atoms with Gasteiger partial charge in [-0.05, 0) is 31.5 Å². The van der Waals surface area contributed by atoms with Gasteiger partial charge in [-0.15, -0.1) is 11.3 Å². The summed E-state index contributed by atoms with van der Waals surface area (Å²) < 4.78 is 5.28. The third kappa shape index (κ3) is 6.03. The summed E-state index contributed by atoms with van der Waals surface area (Å²) in [6.07, 6.45) is 0. The molecule has 0 unspecified atom stereocenters. The number of thiophene rings is 1. The lowest BCUT2D eigenvalue weighted by Gasteiger charge is -2.20. The molecule has 6 heteroatoms. The Bertz CT molecular complexity index is 1010. The maximum atomic E-state index is 12.8. The van der Waals surface area contributed by atoms with E-state index in [-0.39, 0.29) is 19.1 Å². The van der Waals surface area contributed by atoms with Crippen molar-refractivity contribution in [3.8, 4) is 11.1 Å². The number of ether oxygens (including phenoxy) is 1. The van der Waals surface area contributed by atoms with E-state index >= 15 is 0 Å². The lowest BCUT2D eigenvalue weighted by Crippen LogP contribution is -2.32. The van der Waals surface area contributed by atoms with Crippen LogP contribution in [-0.2, 0) is 16.1 Å². The zero-order valence-electron chi connectivity index (χ0n) is 18.2.